The molecular formula is C10H16O2. The average Bonchev–Trinajstić information content (AvgIpc) is 2.11. The average molecular weight is 168 g/mol. The van der Waals surface area contributed by atoms with Crippen molar-refractivity contribution in [3.8, 4) is 0 Å². The molecule has 2 heteroatoms. The monoisotopic (exact) mass is 168 g/mol. The predicted molar refractivity (Wildman–Crippen MR) is 49.8 cm³/mol. The van der Waals surface area contributed by atoms with Crippen molar-refractivity contribution in [3.05, 3.63) is 23.5 Å². The molecule has 0 amide bonds. The molecule has 0 saturated heterocycles. The third-order valence-corrected chi connectivity index (χ3v) is 1.62. The van der Waals surface area contributed by atoms with Crippen molar-refractivity contribution in [2.45, 2.75) is 27.2 Å². The molecule has 0 bridgehead atoms. The van der Waals surface area contributed by atoms with E-state index in [0.717, 1.165) is 12.0 Å². The molecule has 0 atom stereocenters. The normalized spacial score (nSPS) is 13.0. The second-order valence-corrected chi connectivity index (χ2v) is 2.48. The molecule has 0 saturated carbocycles. The topological polar surface area (TPSA) is 26.3 Å². The van der Waals surface area contributed by atoms with Crippen LogP contribution in [0.4, 0.5) is 0 Å². The number of carbonyl (C=O) groups excluding carboxylic acids is 1. The first-order valence-corrected chi connectivity index (χ1v) is 4.09. The molecule has 68 valence electrons. The fourth-order valence-corrected chi connectivity index (χ4v) is 0.780. The van der Waals surface area contributed by atoms with Crippen LogP contribution in [0.5, 0.6) is 0 Å². The summed E-state index contributed by atoms with van der Waals surface area (Å²) in [5, 5.41) is 0. The zero-order chi connectivity index (χ0) is 9.56. The molecule has 12 heavy (non-hydrogen) atoms. The van der Waals surface area contributed by atoms with Gasteiger partial charge in [0.2, 0.25) is 5.78 Å². The molecule has 0 N–H and O–H groups in total. The molecule has 0 unspecified atom stereocenters. The van der Waals surface area contributed by atoms with E-state index in [1.807, 2.05) is 13.8 Å². The Balaban J connectivity index is 4.54. The first-order chi connectivity index (χ1) is 5.67. The summed E-state index contributed by atoms with van der Waals surface area (Å²) in [5.74, 6) is 0.412. The number of carbonyl (C=O) groups is 1. The summed E-state index contributed by atoms with van der Waals surface area (Å²) in [6, 6.07) is 0. The summed E-state index contributed by atoms with van der Waals surface area (Å²) >= 11 is 0. The zero-order valence-corrected chi connectivity index (χ0v) is 8.18. The number of ketones is 1. The first kappa shape index (κ1) is 11.0. The van der Waals surface area contributed by atoms with Gasteiger partial charge in [0.1, 0.15) is 0 Å². The first-order valence-electron chi connectivity index (χ1n) is 4.09. The van der Waals surface area contributed by atoms with Gasteiger partial charge >= 0.3 is 0 Å². The van der Waals surface area contributed by atoms with E-state index in [4.69, 9.17) is 4.74 Å². The van der Waals surface area contributed by atoms with E-state index in [1.54, 1.807) is 19.1 Å². The highest BCUT2D eigenvalue weighted by Gasteiger charge is 2.09. The molecule has 0 aromatic heterocycles. The lowest BCUT2D eigenvalue weighted by Gasteiger charge is -2.03. The summed E-state index contributed by atoms with van der Waals surface area (Å²) in [7, 11) is 1.52. The van der Waals surface area contributed by atoms with Gasteiger partial charge in [-0.3, -0.25) is 4.79 Å². The molecule has 0 radical (unpaired) electrons. The number of rotatable bonds is 4. The Hall–Kier alpha value is -1.05. The minimum Gasteiger partial charge on any atom is -0.493 e. The highest BCUT2D eigenvalue weighted by molar-refractivity contribution is 6.06. The minimum atomic E-state index is -0.0261. The number of methoxy groups -OCH3 is 1. The van der Waals surface area contributed by atoms with Crippen LogP contribution in [0.3, 0.4) is 0 Å². The molecule has 0 aromatic carbocycles. The standard InChI is InChI=1S/C10H16O2/c1-5-7-9(12-4)10(11)8(3)6-2/h6-7H,5H2,1-4H3/b8-6-,9-7+. The molecule has 0 fully saturated rings. The Labute approximate surface area is 73.9 Å². The SMILES string of the molecule is C/C=C(/C)C(=O)/C(=C\CC)OC. The summed E-state index contributed by atoms with van der Waals surface area (Å²) in [6.07, 6.45) is 4.38. The van der Waals surface area contributed by atoms with Crippen molar-refractivity contribution >= 4 is 5.78 Å². The molecule has 0 aliphatic carbocycles. The van der Waals surface area contributed by atoms with Crippen LogP contribution >= 0.6 is 0 Å². The van der Waals surface area contributed by atoms with Crippen LogP contribution in [0, 0.1) is 0 Å². The van der Waals surface area contributed by atoms with Gasteiger partial charge in [-0.2, -0.15) is 0 Å². The minimum absolute atomic E-state index is 0.0261. The molecule has 0 aromatic rings. The maximum atomic E-state index is 11.4. The van der Waals surface area contributed by atoms with Crippen molar-refractivity contribution in [1.29, 1.82) is 0 Å². The molecule has 0 heterocycles. The van der Waals surface area contributed by atoms with E-state index in [9.17, 15) is 4.79 Å². The van der Waals surface area contributed by atoms with Gasteiger partial charge < -0.3 is 4.74 Å². The number of allylic oxidation sites excluding steroid dienone is 3. The third kappa shape index (κ3) is 2.91. The van der Waals surface area contributed by atoms with Gasteiger partial charge in [-0.15, -0.1) is 0 Å². The van der Waals surface area contributed by atoms with Crippen molar-refractivity contribution in [2.24, 2.45) is 0 Å². The highest BCUT2D eigenvalue weighted by atomic mass is 16.5. The van der Waals surface area contributed by atoms with Crippen molar-refractivity contribution in [3.63, 3.8) is 0 Å². The Morgan fingerprint density at radius 2 is 2.08 bits per heavy atom. The second-order valence-electron chi connectivity index (χ2n) is 2.48. The Bertz CT molecular complexity index is 212. The lowest BCUT2D eigenvalue weighted by molar-refractivity contribution is -0.115. The predicted octanol–water partition coefficient (Wildman–Crippen LogP) is 2.46. The summed E-state index contributed by atoms with van der Waals surface area (Å²) in [5.41, 5.74) is 0.719. The van der Waals surface area contributed by atoms with Gasteiger partial charge in [-0.1, -0.05) is 13.0 Å². The summed E-state index contributed by atoms with van der Waals surface area (Å²) in [4.78, 5) is 11.4. The largest absolute Gasteiger partial charge is 0.493 e. The lowest BCUT2D eigenvalue weighted by Crippen LogP contribution is -2.05. The number of hydrogen-bond donors (Lipinski definition) is 0. The number of ether oxygens (including phenoxy) is 1. The fraction of sp³-hybridized carbons (Fsp3) is 0.500. The molecular weight excluding hydrogens is 152 g/mol. The molecule has 2 nitrogen and oxygen atoms in total. The van der Waals surface area contributed by atoms with Gasteiger partial charge in [0.25, 0.3) is 0 Å². The van der Waals surface area contributed by atoms with E-state index in [2.05, 4.69) is 0 Å². The Morgan fingerprint density at radius 3 is 2.42 bits per heavy atom. The van der Waals surface area contributed by atoms with E-state index < -0.39 is 0 Å². The lowest BCUT2D eigenvalue weighted by atomic mass is 10.1. The highest BCUT2D eigenvalue weighted by Crippen LogP contribution is 2.06. The molecule has 0 aliphatic heterocycles. The van der Waals surface area contributed by atoms with E-state index in [-0.39, 0.29) is 5.78 Å². The number of Topliss-reactive ketones (excluding diaryl/α,β-unsaturated/α-hetero) is 1. The van der Waals surface area contributed by atoms with E-state index in [1.165, 1.54) is 7.11 Å². The number of hydrogen-bond acceptors (Lipinski definition) is 2. The van der Waals surface area contributed by atoms with Crippen LogP contribution in [-0.2, 0) is 9.53 Å². The van der Waals surface area contributed by atoms with E-state index in [0.29, 0.717) is 5.76 Å². The summed E-state index contributed by atoms with van der Waals surface area (Å²) < 4.78 is 4.95. The van der Waals surface area contributed by atoms with Crippen molar-refractivity contribution in [1.82, 2.24) is 0 Å². The van der Waals surface area contributed by atoms with E-state index >= 15 is 0 Å². The second kappa shape index (κ2) is 5.58. The van der Waals surface area contributed by atoms with Crippen LogP contribution in [0.15, 0.2) is 23.5 Å². The van der Waals surface area contributed by atoms with Gasteiger partial charge in [0.15, 0.2) is 5.76 Å². The van der Waals surface area contributed by atoms with Crippen LogP contribution in [0.1, 0.15) is 27.2 Å². The summed E-state index contributed by atoms with van der Waals surface area (Å²) in [6.45, 7) is 5.59. The Morgan fingerprint density at radius 1 is 1.50 bits per heavy atom. The van der Waals surface area contributed by atoms with Crippen molar-refractivity contribution in [2.75, 3.05) is 7.11 Å². The quantitative estimate of drug-likeness (QED) is 0.476. The van der Waals surface area contributed by atoms with Crippen LogP contribution < -0.4 is 0 Å². The molecule has 0 aliphatic rings. The van der Waals surface area contributed by atoms with Crippen molar-refractivity contribution < 1.29 is 9.53 Å². The molecule has 0 spiro atoms. The maximum absolute atomic E-state index is 11.4. The van der Waals surface area contributed by atoms with Crippen LogP contribution in [0.25, 0.3) is 0 Å². The molecule has 0 rings (SSSR count). The zero-order valence-electron chi connectivity index (χ0n) is 8.18. The Kier molecular flexibility index (Phi) is 5.09. The third-order valence-electron chi connectivity index (χ3n) is 1.62. The fourth-order valence-electron chi connectivity index (χ4n) is 0.780. The van der Waals surface area contributed by atoms with Crippen LogP contribution in [-0.4, -0.2) is 12.9 Å². The van der Waals surface area contributed by atoms with Gasteiger partial charge in [0.05, 0.1) is 7.11 Å². The smallest absolute Gasteiger partial charge is 0.222 e. The van der Waals surface area contributed by atoms with Gasteiger partial charge in [0, 0.05) is 0 Å². The maximum Gasteiger partial charge on any atom is 0.222 e. The van der Waals surface area contributed by atoms with Crippen LogP contribution in [0.2, 0.25) is 0 Å². The van der Waals surface area contributed by atoms with Gasteiger partial charge in [-0.25, -0.2) is 0 Å². The van der Waals surface area contributed by atoms with Gasteiger partial charge in [-0.05, 0) is 31.9 Å².